The molecule has 192 valence electrons. The van der Waals surface area contributed by atoms with Gasteiger partial charge in [-0.15, -0.1) is 0 Å². The SMILES string of the molecule is CC(C)(C)CC(C)(C(=O)OC1CC2CC1C1C3CCC(C3CCC3CCOC3=O)C21)C(C)(C)C. The molecule has 4 saturated carbocycles. The number of carbonyl (C=O) groups excluding carboxylic acids is 2. The molecule has 1 saturated heterocycles. The average molecular weight is 473 g/mol. The van der Waals surface area contributed by atoms with Crippen molar-refractivity contribution in [3.8, 4) is 0 Å². The Balaban J connectivity index is 1.26. The molecule has 4 heteroatoms. The van der Waals surface area contributed by atoms with Crippen molar-refractivity contribution in [1.29, 1.82) is 0 Å². The van der Waals surface area contributed by atoms with E-state index in [9.17, 15) is 9.59 Å². The summed E-state index contributed by atoms with van der Waals surface area (Å²) >= 11 is 0. The lowest BCUT2D eigenvalue weighted by Crippen LogP contribution is -2.47. The smallest absolute Gasteiger partial charge is 0.312 e. The summed E-state index contributed by atoms with van der Waals surface area (Å²) in [5.41, 5.74) is -0.555. The third-order valence-corrected chi connectivity index (χ3v) is 11.1. The molecular weight excluding hydrogens is 424 g/mol. The molecule has 0 aromatic carbocycles. The van der Waals surface area contributed by atoms with E-state index in [2.05, 4.69) is 48.5 Å². The number of cyclic esters (lactones) is 1. The molecule has 4 bridgehead atoms. The molecule has 1 heterocycles. The number of fused-ring (bicyclic) bond motifs is 9. The maximum atomic E-state index is 13.8. The van der Waals surface area contributed by atoms with Crippen LogP contribution >= 0.6 is 0 Å². The second-order valence-electron chi connectivity index (χ2n) is 15.1. The maximum Gasteiger partial charge on any atom is 0.312 e. The molecule has 0 radical (unpaired) electrons. The van der Waals surface area contributed by atoms with Crippen molar-refractivity contribution in [2.24, 2.45) is 63.6 Å². The first-order valence-corrected chi connectivity index (χ1v) is 14.2. The molecule has 34 heavy (non-hydrogen) atoms. The van der Waals surface area contributed by atoms with Crippen LogP contribution in [-0.4, -0.2) is 24.6 Å². The standard InChI is InChI=1S/C30H48O4/c1-28(2,3)16-30(7,29(4,5)6)27(32)34-23-15-18-14-22(23)25-21-11-10-20(24(18)25)19(21)9-8-17-12-13-33-26(17)31/h17-25H,8-16H2,1-7H3. The molecular formula is C30H48O4. The Morgan fingerprint density at radius 3 is 2.18 bits per heavy atom. The summed E-state index contributed by atoms with van der Waals surface area (Å²) in [6.07, 6.45) is 9.16. The number of hydrogen-bond acceptors (Lipinski definition) is 4. The summed E-state index contributed by atoms with van der Waals surface area (Å²) in [5, 5.41) is 0. The first-order chi connectivity index (χ1) is 15.8. The van der Waals surface area contributed by atoms with Crippen LogP contribution in [0.3, 0.4) is 0 Å². The van der Waals surface area contributed by atoms with Crippen molar-refractivity contribution in [2.75, 3.05) is 6.61 Å². The molecule has 1 aliphatic heterocycles. The van der Waals surface area contributed by atoms with E-state index >= 15 is 0 Å². The van der Waals surface area contributed by atoms with E-state index in [1.165, 1.54) is 25.7 Å². The van der Waals surface area contributed by atoms with Gasteiger partial charge in [-0.2, -0.15) is 0 Å². The highest BCUT2D eigenvalue weighted by atomic mass is 16.5. The quantitative estimate of drug-likeness (QED) is 0.320. The van der Waals surface area contributed by atoms with Gasteiger partial charge in [0.25, 0.3) is 0 Å². The van der Waals surface area contributed by atoms with Crippen molar-refractivity contribution >= 4 is 11.9 Å². The topological polar surface area (TPSA) is 52.6 Å². The van der Waals surface area contributed by atoms with E-state index < -0.39 is 5.41 Å². The highest BCUT2D eigenvalue weighted by Crippen LogP contribution is 2.70. The molecule has 4 nitrogen and oxygen atoms in total. The van der Waals surface area contributed by atoms with Gasteiger partial charge in [0.15, 0.2) is 0 Å². The minimum Gasteiger partial charge on any atom is -0.465 e. The highest BCUT2D eigenvalue weighted by molar-refractivity contribution is 5.77. The highest BCUT2D eigenvalue weighted by Gasteiger charge is 2.66. The van der Waals surface area contributed by atoms with Crippen LogP contribution in [0.15, 0.2) is 0 Å². The zero-order chi connectivity index (χ0) is 24.6. The molecule has 0 amide bonds. The normalized spacial score (nSPS) is 42.6. The predicted molar refractivity (Wildman–Crippen MR) is 133 cm³/mol. The van der Waals surface area contributed by atoms with Gasteiger partial charge in [-0.25, -0.2) is 0 Å². The Bertz CT molecular complexity index is 819. The van der Waals surface area contributed by atoms with Gasteiger partial charge in [-0.1, -0.05) is 41.5 Å². The molecule has 0 N–H and O–H groups in total. The van der Waals surface area contributed by atoms with Crippen LogP contribution in [0.4, 0.5) is 0 Å². The minimum atomic E-state index is -0.487. The fraction of sp³-hybridized carbons (Fsp3) is 0.933. The van der Waals surface area contributed by atoms with Gasteiger partial charge in [0.05, 0.1) is 17.9 Å². The summed E-state index contributed by atoms with van der Waals surface area (Å²) in [7, 11) is 0. The molecule has 0 aromatic heterocycles. The Morgan fingerprint density at radius 1 is 0.912 bits per heavy atom. The van der Waals surface area contributed by atoms with Gasteiger partial charge < -0.3 is 9.47 Å². The van der Waals surface area contributed by atoms with E-state index in [0.29, 0.717) is 12.5 Å². The number of carbonyl (C=O) groups is 2. The van der Waals surface area contributed by atoms with Gasteiger partial charge in [0.2, 0.25) is 0 Å². The van der Waals surface area contributed by atoms with Crippen LogP contribution in [0, 0.1) is 63.6 Å². The predicted octanol–water partition coefficient (Wildman–Crippen LogP) is 6.66. The first kappa shape index (κ1) is 24.6. The van der Waals surface area contributed by atoms with Crippen LogP contribution in [0.25, 0.3) is 0 Å². The Hall–Kier alpha value is -1.06. The second-order valence-corrected chi connectivity index (χ2v) is 15.1. The van der Waals surface area contributed by atoms with Crippen LogP contribution in [0.5, 0.6) is 0 Å². The number of ether oxygens (including phenoxy) is 2. The van der Waals surface area contributed by atoms with Crippen molar-refractivity contribution in [1.82, 2.24) is 0 Å². The Morgan fingerprint density at radius 2 is 1.59 bits per heavy atom. The third kappa shape index (κ3) is 3.94. The summed E-state index contributed by atoms with van der Waals surface area (Å²) in [6.45, 7) is 16.0. The van der Waals surface area contributed by atoms with Crippen LogP contribution in [-0.2, 0) is 19.1 Å². The summed E-state index contributed by atoms with van der Waals surface area (Å²) in [4.78, 5) is 25.7. The molecule has 4 aliphatic carbocycles. The maximum absolute atomic E-state index is 13.8. The van der Waals surface area contributed by atoms with E-state index in [1.807, 2.05) is 0 Å². The fourth-order valence-corrected chi connectivity index (χ4v) is 9.44. The van der Waals surface area contributed by atoms with Gasteiger partial charge in [-0.3, -0.25) is 9.59 Å². The van der Waals surface area contributed by atoms with Gasteiger partial charge in [0.1, 0.15) is 6.10 Å². The second kappa shape index (κ2) is 8.23. The monoisotopic (exact) mass is 472 g/mol. The number of rotatable bonds is 6. The molecule has 0 aromatic rings. The van der Waals surface area contributed by atoms with E-state index in [-0.39, 0.29) is 34.8 Å². The van der Waals surface area contributed by atoms with Crippen molar-refractivity contribution < 1.29 is 19.1 Å². The van der Waals surface area contributed by atoms with E-state index in [1.54, 1.807) is 0 Å². The lowest BCUT2D eigenvalue weighted by Gasteiger charge is -2.45. The lowest BCUT2D eigenvalue weighted by atomic mass is 9.61. The number of esters is 2. The van der Waals surface area contributed by atoms with Gasteiger partial charge in [-0.05, 0) is 111 Å². The van der Waals surface area contributed by atoms with E-state index in [0.717, 1.165) is 61.2 Å². The minimum absolute atomic E-state index is 0.0310. The largest absolute Gasteiger partial charge is 0.465 e. The molecule has 5 aliphatic rings. The molecule has 5 fully saturated rings. The summed E-state index contributed by atoms with van der Waals surface area (Å²) in [5.74, 6) is 5.53. The number of hydrogen-bond donors (Lipinski definition) is 0. The van der Waals surface area contributed by atoms with Gasteiger partial charge >= 0.3 is 11.9 Å². The molecule has 10 unspecified atom stereocenters. The fourth-order valence-electron chi connectivity index (χ4n) is 9.44. The average Bonchev–Trinajstić information content (AvgIpc) is 3.50. The zero-order valence-electron chi connectivity index (χ0n) is 22.7. The summed E-state index contributed by atoms with van der Waals surface area (Å²) in [6, 6.07) is 0. The molecule has 5 rings (SSSR count). The van der Waals surface area contributed by atoms with Crippen molar-refractivity contribution in [3.63, 3.8) is 0 Å². The van der Waals surface area contributed by atoms with Crippen LogP contribution < -0.4 is 0 Å². The first-order valence-electron chi connectivity index (χ1n) is 14.2. The van der Waals surface area contributed by atoms with Gasteiger partial charge in [0, 0.05) is 0 Å². The third-order valence-electron chi connectivity index (χ3n) is 11.1. The zero-order valence-corrected chi connectivity index (χ0v) is 22.7. The molecule has 10 atom stereocenters. The summed E-state index contributed by atoms with van der Waals surface area (Å²) < 4.78 is 11.7. The van der Waals surface area contributed by atoms with Crippen molar-refractivity contribution in [3.05, 3.63) is 0 Å². The van der Waals surface area contributed by atoms with Crippen LogP contribution in [0.2, 0.25) is 0 Å². The molecule has 0 spiro atoms. The Kier molecular flexibility index (Phi) is 5.96. The Labute approximate surface area is 207 Å². The van der Waals surface area contributed by atoms with Crippen molar-refractivity contribution in [2.45, 2.75) is 106 Å². The van der Waals surface area contributed by atoms with E-state index in [4.69, 9.17) is 9.47 Å². The van der Waals surface area contributed by atoms with Crippen LogP contribution in [0.1, 0.15) is 99.8 Å². The lowest BCUT2D eigenvalue weighted by molar-refractivity contribution is -0.175.